The molecule has 4 nitrogen and oxygen atoms in total. The van der Waals surface area contributed by atoms with Gasteiger partial charge in [0.1, 0.15) is 0 Å². The van der Waals surface area contributed by atoms with Crippen LogP contribution >= 0.6 is 0 Å². The highest BCUT2D eigenvalue weighted by atomic mass is 16.4. The standard InChI is InChI=1S/C13H22N2O2/c1-10(2)12(13(16)17)9-15(3)8-6-11-5-4-7-14-11/h4-5,7,10,12,14H,6,8-9H2,1-3H3,(H,16,17). The van der Waals surface area contributed by atoms with Crippen molar-refractivity contribution in [3.8, 4) is 0 Å². The monoisotopic (exact) mass is 238 g/mol. The van der Waals surface area contributed by atoms with E-state index in [1.54, 1.807) is 0 Å². The van der Waals surface area contributed by atoms with E-state index in [-0.39, 0.29) is 11.8 Å². The van der Waals surface area contributed by atoms with E-state index >= 15 is 0 Å². The molecule has 0 fully saturated rings. The zero-order valence-electron chi connectivity index (χ0n) is 10.8. The molecule has 0 spiro atoms. The van der Waals surface area contributed by atoms with E-state index in [0.717, 1.165) is 13.0 Å². The SMILES string of the molecule is CC(C)C(CN(C)CCc1ccc[nH]1)C(=O)O. The van der Waals surface area contributed by atoms with E-state index in [9.17, 15) is 4.79 Å². The predicted molar refractivity (Wildman–Crippen MR) is 68.0 cm³/mol. The van der Waals surface area contributed by atoms with Gasteiger partial charge in [-0.2, -0.15) is 0 Å². The summed E-state index contributed by atoms with van der Waals surface area (Å²) in [5.41, 5.74) is 1.19. The maximum absolute atomic E-state index is 11.1. The number of carboxylic acids is 1. The van der Waals surface area contributed by atoms with Crippen LogP contribution < -0.4 is 0 Å². The third kappa shape index (κ3) is 4.61. The summed E-state index contributed by atoms with van der Waals surface area (Å²) >= 11 is 0. The summed E-state index contributed by atoms with van der Waals surface area (Å²) in [5.74, 6) is -0.823. The Morgan fingerprint density at radius 1 is 1.53 bits per heavy atom. The molecule has 0 aromatic carbocycles. The molecule has 1 rings (SSSR count). The third-order valence-electron chi connectivity index (χ3n) is 3.06. The smallest absolute Gasteiger partial charge is 0.308 e. The number of carbonyl (C=O) groups is 1. The van der Waals surface area contributed by atoms with Crippen molar-refractivity contribution in [1.82, 2.24) is 9.88 Å². The molecule has 1 aromatic rings. The molecule has 0 aliphatic heterocycles. The molecule has 4 heteroatoms. The van der Waals surface area contributed by atoms with Crippen molar-refractivity contribution in [3.63, 3.8) is 0 Å². The van der Waals surface area contributed by atoms with E-state index in [0.29, 0.717) is 6.54 Å². The predicted octanol–water partition coefficient (Wildman–Crippen LogP) is 1.85. The molecular formula is C13H22N2O2. The van der Waals surface area contributed by atoms with Crippen molar-refractivity contribution in [3.05, 3.63) is 24.0 Å². The first kappa shape index (κ1) is 13.8. The molecule has 0 radical (unpaired) electrons. The van der Waals surface area contributed by atoms with Crippen molar-refractivity contribution in [2.75, 3.05) is 20.1 Å². The minimum Gasteiger partial charge on any atom is -0.481 e. The van der Waals surface area contributed by atoms with Gasteiger partial charge in [0.05, 0.1) is 5.92 Å². The van der Waals surface area contributed by atoms with Crippen molar-refractivity contribution in [2.45, 2.75) is 20.3 Å². The fourth-order valence-electron chi connectivity index (χ4n) is 1.84. The lowest BCUT2D eigenvalue weighted by molar-refractivity contribution is -0.143. The number of nitrogens with one attached hydrogen (secondary N) is 1. The normalized spacial score (nSPS) is 13.2. The summed E-state index contributed by atoms with van der Waals surface area (Å²) in [4.78, 5) is 16.3. The van der Waals surface area contributed by atoms with Crippen LogP contribution in [-0.2, 0) is 11.2 Å². The molecule has 0 saturated heterocycles. The fraction of sp³-hybridized carbons (Fsp3) is 0.615. The van der Waals surface area contributed by atoms with Gasteiger partial charge in [-0.25, -0.2) is 0 Å². The Balaban J connectivity index is 2.37. The average molecular weight is 238 g/mol. The van der Waals surface area contributed by atoms with Crippen LogP contribution in [0.2, 0.25) is 0 Å². The number of aromatic amines is 1. The summed E-state index contributed by atoms with van der Waals surface area (Å²) in [6, 6.07) is 4.02. The van der Waals surface area contributed by atoms with Gasteiger partial charge in [0.15, 0.2) is 0 Å². The Labute approximate surface area is 103 Å². The molecule has 0 bridgehead atoms. The molecule has 1 aromatic heterocycles. The van der Waals surface area contributed by atoms with E-state index in [1.165, 1.54) is 5.69 Å². The quantitative estimate of drug-likeness (QED) is 0.762. The summed E-state index contributed by atoms with van der Waals surface area (Å²) < 4.78 is 0. The molecule has 96 valence electrons. The van der Waals surface area contributed by atoms with Crippen molar-refractivity contribution in [2.24, 2.45) is 11.8 Å². The first-order valence-electron chi connectivity index (χ1n) is 6.04. The number of H-pyrrole nitrogens is 1. The van der Waals surface area contributed by atoms with Crippen LogP contribution in [0.4, 0.5) is 0 Å². The highest BCUT2D eigenvalue weighted by Crippen LogP contribution is 2.12. The molecule has 17 heavy (non-hydrogen) atoms. The molecule has 1 atom stereocenters. The number of aromatic nitrogens is 1. The number of rotatable bonds is 7. The van der Waals surface area contributed by atoms with Crippen molar-refractivity contribution < 1.29 is 9.90 Å². The molecule has 2 N–H and O–H groups in total. The Bertz CT molecular complexity index is 333. The van der Waals surface area contributed by atoms with Crippen LogP contribution in [0.5, 0.6) is 0 Å². The lowest BCUT2D eigenvalue weighted by atomic mass is 9.95. The minimum atomic E-state index is -0.702. The second kappa shape index (κ2) is 6.45. The van der Waals surface area contributed by atoms with E-state index in [1.807, 2.05) is 39.2 Å². The summed E-state index contributed by atoms with van der Waals surface area (Å²) in [6.45, 7) is 5.39. The summed E-state index contributed by atoms with van der Waals surface area (Å²) in [6.07, 6.45) is 2.83. The highest BCUT2D eigenvalue weighted by Gasteiger charge is 2.22. The second-order valence-corrected chi connectivity index (χ2v) is 4.90. The molecular weight excluding hydrogens is 216 g/mol. The van der Waals surface area contributed by atoms with Crippen molar-refractivity contribution in [1.29, 1.82) is 0 Å². The number of likely N-dealkylation sites (N-methyl/N-ethyl adjacent to an activating group) is 1. The Hall–Kier alpha value is -1.29. The lowest BCUT2D eigenvalue weighted by Gasteiger charge is -2.23. The first-order chi connectivity index (χ1) is 8.00. The fourth-order valence-corrected chi connectivity index (χ4v) is 1.84. The van der Waals surface area contributed by atoms with Crippen LogP contribution in [-0.4, -0.2) is 41.1 Å². The molecule has 1 unspecified atom stereocenters. The highest BCUT2D eigenvalue weighted by molar-refractivity contribution is 5.70. The van der Waals surface area contributed by atoms with E-state index in [4.69, 9.17) is 5.11 Å². The van der Waals surface area contributed by atoms with Crippen LogP contribution in [0.3, 0.4) is 0 Å². The van der Waals surface area contributed by atoms with Gasteiger partial charge in [-0.3, -0.25) is 4.79 Å². The van der Waals surface area contributed by atoms with Gasteiger partial charge >= 0.3 is 5.97 Å². The Kier molecular flexibility index (Phi) is 5.22. The third-order valence-corrected chi connectivity index (χ3v) is 3.06. The lowest BCUT2D eigenvalue weighted by Crippen LogP contribution is -2.34. The maximum Gasteiger partial charge on any atom is 0.308 e. The van der Waals surface area contributed by atoms with Crippen LogP contribution in [0, 0.1) is 11.8 Å². The van der Waals surface area contributed by atoms with Gasteiger partial charge in [-0.05, 0) is 25.1 Å². The first-order valence-corrected chi connectivity index (χ1v) is 6.04. The molecule has 0 aliphatic carbocycles. The molecule has 1 heterocycles. The second-order valence-electron chi connectivity index (χ2n) is 4.90. The zero-order chi connectivity index (χ0) is 12.8. The number of aliphatic carboxylic acids is 1. The molecule has 0 aliphatic rings. The summed E-state index contributed by atoms with van der Waals surface area (Å²) in [7, 11) is 1.97. The van der Waals surface area contributed by atoms with Crippen LogP contribution in [0.15, 0.2) is 18.3 Å². The Morgan fingerprint density at radius 3 is 2.71 bits per heavy atom. The van der Waals surface area contributed by atoms with Gasteiger partial charge in [0, 0.05) is 31.4 Å². The Morgan fingerprint density at radius 2 is 2.24 bits per heavy atom. The minimum absolute atomic E-state index is 0.167. The van der Waals surface area contributed by atoms with Gasteiger partial charge in [-0.1, -0.05) is 13.8 Å². The summed E-state index contributed by atoms with van der Waals surface area (Å²) in [5, 5.41) is 9.11. The molecule has 0 amide bonds. The maximum atomic E-state index is 11.1. The number of hydrogen-bond donors (Lipinski definition) is 2. The van der Waals surface area contributed by atoms with Crippen LogP contribution in [0.1, 0.15) is 19.5 Å². The van der Waals surface area contributed by atoms with Crippen molar-refractivity contribution >= 4 is 5.97 Å². The number of carboxylic acid groups (broad SMARTS) is 1. The largest absolute Gasteiger partial charge is 0.481 e. The average Bonchev–Trinajstić information content (AvgIpc) is 2.74. The van der Waals surface area contributed by atoms with E-state index in [2.05, 4.69) is 9.88 Å². The van der Waals surface area contributed by atoms with Gasteiger partial charge in [-0.15, -0.1) is 0 Å². The van der Waals surface area contributed by atoms with Gasteiger partial charge in [0.2, 0.25) is 0 Å². The van der Waals surface area contributed by atoms with Gasteiger partial charge < -0.3 is 15.0 Å². The van der Waals surface area contributed by atoms with Gasteiger partial charge in [0.25, 0.3) is 0 Å². The number of hydrogen-bond acceptors (Lipinski definition) is 2. The topological polar surface area (TPSA) is 56.3 Å². The number of nitrogens with zero attached hydrogens (tertiary/aromatic N) is 1. The van der Waals surface area contributed by atoms with E-state index < -0.39 is 5.97 Å². The molecule has 0 saturated carbocycles. The van der Waals surface area contributed by atoms with Crippen LogP contribution in [0.25, 0.3) is 0 Å². The zero-order valence-corrected chi connectivity index (χ0v) is 10.8.